The summed E-state index contributed by atoms with van der Waals surface area (Å²) in [5, 5.41) is 6.74. The smallest absolute Gasteiger partial charge is 0.262 e. The van der Waals surface area contributed by atoms with Gasteiger partial charge >= 0.3 is 0 Å². The summed E-state index contributed by atoms with van der Waals surface area (Å²) in [6.07, 6.45) is 2.06. The maximum Gasteiger partial charge on any atom is 0.262 e. The molecule has 3 aromatic rings. The Labute approximate surface area is 201 Å². The van der Waals surface area contributed by atoms with Crippen LogP contribution in [0.4, 0.5) is 5.69 Å². The first-order valence-electron chi connectivity index (χ1n) is 11.1. The molecule has 0 bridgehead atoms. The van der Waals surface area contributed by atoms with Gasteiger partial charge in [0, 0.05) is 18.3 Å². The summed E-state index contributed by atoms with van der Waals surface area (Å²) in [6.45, 7) is 4.65. The van der Waals surface area contributed by atoms with Crippen molar-refractivity contribution in [3.8, 4) is 11.5 Å². The van der Waals surface area contributed by atoms with E-state index in [2.05, 4.69) is 41.8 Å². The van der Waals surface area contributed by atoms with Crippen LogP contribution in [0.15, 0.2) is 66.7 Å². The van der Waals surface area contributed by atoms with E-state index in [0.717, 1.165) is 29.7 Å². The number of carbonyl (C=O) groups is 1. The molecule has 0 aliphatic heterocycles. The Morgan fingerprint density at radius 3 is 2.45 bits per heavy atom. The zero-order chi connectivity index (χ0) is 23.6. The Balaban J connectivity index is 1.52. The number of anilines is 1. The number of rotatable bonds is 11. The molecule has 0 aromatic heterocycles. The molecule has 2 N–H and O–H groups in total. The van der Waals surface area contributed by atoms with Gasteiger partial charge in [-0.1, -0.05) is 59.6 Å². The van der Waals surface area contributed by atoms with Crippen LogP contribution in [0, 0.1) is 6.92 Å². The lowest BCUT2D eigenvalue weighted by Crippen LogP contribution is -2.26. The van der Waals surface area contributed by atoms with Gasteiger partial charge in [0.05, 0.1) is 12.1 Å². The minimum atomic E-state index is -0.269. The number of hydrogen-bond acceptors (Lipinski definition) is 4. The highest BCUT2D eigenvalue weighted by Crippen LogP contribution is 2.36. The number of ether oxygens (including phenoxy) is 2. The molecule has 5 nitrogen and oxygen atoms in total. The lowest BCUT2D eigenvalue weighted by molar-refractivity contribution is -0.118. The van der Waals surface area contributed by atoms with Crippen LogP contribution < -0.4 is 20.1 Å². The van der Waals surface area contributed by atoms with Crippen molar-refractivity contribution in [2.24, 2.45) is 0 Å². The second kappa shape index (κ2) is 12.3. The van der Waals surface area contributed by atoms with E-state index in [1.807, 2.05) is 49.4 Å². The van der Waals surface area contributed by atoms with Gasteiger partial charge in [0.15, 0.2) is 18.1 Å². The number of halogens is 1. The van der Waals surface area contributed by atoms with E-state index in [1.54, 1.807) is 7.11 Å². The molecule has 0 saturated carbocycles. The summed E-state index contributed by atoms with van der Waals surface area (Å²) in [5.41, 5.74) is 4.17. The molecule has 174 valence electrons. The van der Waals surface area contributed by atoms with Crippen LogP contribution >= 0.6 is 11.6 Å². The van der Waals surface area contributed by atoms with Gasteiger partial charge in [0.1, 0.15) is 0 Å². The molecule has 0 aliphatic rings. The van der Waals surface area contributed by atoms with E-state index in [9.17, 15) is 4.79 Å². The van der Waals surface area contributed by atoms with Crippen LogP contribution in [0.1, 0.15) is 30.0 Å². The van der Waals surface area contributed by atoms with Gasteiger partial charge in [-0.05, 0) is 62.1 Å². The Hall–Kier alpha value is -3.02. The van der Waals surface area contributed by atoms with Gasteiger partial charge in [-0.15, -0.1) is 0 Å². The molecular weight excluding hydrogens is 436 g/mol. The molecular formula is C27H31ClN2O3. The zero-order valence-corrected chi connectivity index (χ0v) is 20.1. The lowest BCUT2D eigenvalue weighted by atomic mass is 10.1. The van der Waals surface area contributed by atoms with Crippen molar-refractivity contribution in [2.75, 3.05) is 19.0 Å². The van der Waals surface area contributed by atoms with Gasteiger partial charge in [-0.3, -0.25) is 4.79 Å². The Bertz CT molecular complexity index is 1040. The van der Waals surface area contributed by atoms with E-state index in [-0.39, 0.29) is 12.5 Å². The van der Waals surface area contributed by atoms with Crippen LogP contribution in [0.5, 0.6) is 11.5 Å². The number of hydrogen-bond donors (Lipinski definition) is 2. The monoisotopic (exact) mass is 466 g/mol. The fraction of sp³-hybridized carbons (Fsp3) is 0.296. The first-order chi connectivity index (χ1) is 15.9. The van der Waals surface area contributed by atoms with Crippen molar-refractivity contribution >= 4 is 23.2 Å². The Morgan fingerprint density at radius 1 is 1.03 bits per heavy atom. The van der Waals surface area contributed by atoms with Gasteiger partial charge in [-0.25, -0.2) is 0 Å². The second-order valence-corrected chi connectivity index (χ2v) is 8.53. The molecule has 0 spiro atoms. The van der Waals surface area contributed by atoms with Crippen LogP contribution in [0.3, 0.4) is 0 Å². The fourth-order valence-electron chi connectivity index (χ4n) is 3.41. The van der Waals surface area contributed by atoms with Crippen molar-refractivity contribution in [3.63, 3.8) is 0 Å². The number of benzene rings is 3. The average molecular weight is 467 g/mol. The minimum absolute atomic E-state index is 0.169. The first kappa shape index (κ1) is 24.6. The number of methoxy groups -OCH3 is 1. The summed E-state index contributed by atoms with van der Waals surface area (Å²) in [4.78, 5) is 12.3. The van der Waals surface area contributed by atoms with Crippen LogP contribution in [0.2, 0.25) is 5.02 Å². The minimum Gasteiger partial charge on any atom is -0.493 e. The third-order valence-corrected chi connectivity index (χ3v) is 5.62. The zero-order valence-electron chi connectivity index (χ0n) is 19.4. The highest BCUT2D eigenvalue weighted by atomic mass is 35.5. The van der Waals surface area contributed by atoms with Gasteiger partial charge in [-0.2, -0.15) is 0 Å². The lowest BCUT2D eigenvalue weighted by Gasteiger charge is -2.17. The van der Waals surface area contributed by atoms with E-state index >= 15 is 0 Å². The maximum atomic E-state index is 12.3. The normalized spacial score (nSPS) is 11.6. The topological polar surface area (TPSA) is 59.6 Å². The molecule has 0 saturated heterocycles. The van der Waals surface area contributed by atoms with Crippen molar-refractivity contribution in [2.45, 2.75) is 39.3 Å². The number of carbonyl (C=O) groups excluding carboxylic acids is 1. The van der Waals surface area contributed by atoms with Crippen molar-refractivity contribution in [1.29, 1.82) is 0 Å². The summed E-state index contributed by atoms with van der Waals surface area (Å²) in [7, 11) is 1.56. The quantitative estimate of drug-likeness (QED) is 0.375. The molecule has 0 unspecified atom stereocenters. The molecule has 3 rings (SSSR count). The van der Waals surface area contributed by atoms with E-state index in [0.29, 0.717) is 29.1 Å². The maximum absolute atomic E-state index is 12.3. The van der Waals surface area contributed by atoms with E-state index < -0.39 is 0 Å². The molecule has 0 fully saturated rings. The predicted octanol–water partition coefficient (Wildman–Crippen LogP) is 5.79. The van der Waals surface area contributed by atoms with E-state index in [1.165, 1.54) is 5.56 Å². The highest BCUT2D eigenvalue weighted by molar-refractivity contribution is 6.32. The van der Waals surface area contributed by atoms with Crippen LogP contribution in [-0.4, -0.2) is 25.7 Å². The third-order valence-electron chi connectivity index (χ3n) is 5.34. The summed E-state index contributed by atoms with van der Waals surface area (Å²) in [6, 6.07) is 22.1. The van der Waals surface area contributed by atoms with E-state index in [4.69, 9.17) is 21.1 Å². The standard InChI is InChI=1S/C27H31ClN2O3/c1-19-9-13-23(14-10-19)30-26(31)18-33-27-24(28)15-22(16-25(27)32-3)17-29-20(2)11-12-21-7-5-4-6-8-21/h4-10,13-16,20,29H,11-12,17-18H2,1-3H3,(H,30,31)/t20-/m0/s1. The molecule has 6 heteroatoms. The average Bonchev–Trinajstić information content (AvgIpc) is 2.82. The summed E-state index contributed by atoms with van der Waals surface area (Å²) in [5.74, 6) is 0.591. The van der Waals surface area contributed by atoms with Crippen LogP contribution in [-0.2, 0) is 17.8 Å². The molecule has 0 heterocycles. The Morgan fingerprint density at radius 2 is 1.76 bits per heavy atom. The van der Waals surface area contributed by atoms with Crippen molar-refractivity contribution in [3.05, 3.63) is 88.4 Å². The SMILES string of the molecule is COc1cc(CN[C@@H](C)CCc2ccccc2)cc(Cl)c1OCC(=O)Nc1ccc(C)cc1. The molecule has 0 radical (unpaired) electrons. The predicted molar refractivity (Wildman–Crippen MR) is 134 cm³/mol. The van der Waals surface area contributed by atoms with Gasteiger partial charge in [0.25, 0.3) is 5.91 Å². The van der Waals surface area contributed by atoms with Crippen LogP contribution in [0.25, 0.3) is 0 Å². The molecule has 0 aliphatic carbocycles. The number of aryl methyl sites for hydroxylation is 2. The first-order valence-corrected chi connectivity index (χ1v) is 11.5. The van der Waals surface area contributed by atoms with Gasteiger partial charge < -0.3 is 20.1 Å². The fourth-order valence-corrected chi connectivity index (χ4v) is 3.70. The molecule has 1 atom stereocenters. The third kappa shape index (κ3) is 7.81. The van der Waals surface area contributed by atoms with Crippen molar-refractivity contribution < 1.29 is 14.3 Å². The molecule has 33 heavy (non-hydrogen) atoms. The summed E-state index contributed by atoms with van der Waals surface area (Å²) < 4.78 is 11.2. The second-order valence-electron chi connectivity index (χ2n) is 8.12. The number of nitrogens with one attached hydrogen (secondary N) is 2. The Kier molecular flexibility index (Phi) is 9.16. The number of amides is 1. The largest absolute Gasteiger partial charge is 0.493 e. The van der Waals surface area contributed by atoms with Gasteiger partial charge in [0.2, 0.25) is 0 Å². The summed E-state index contributed by atoms with van der Waals surface area (Å²) >= 11 is 6.47. The molecule has 3 aromatic carbocycles. The van der Waals surface area contributed by atoms with Crippen molar-refractivity contribution in [1.82, 2.24) is 5.32 Å². The highest BCUT2D eigenvalue weighted by Gasteiger charge is 2.15. The molecule has 1 amide bonds.